The Kier molecular flexibility index (Phi) is 2.17. The Balaban J connectivity index is 2.48. The van der Waals surface area contributed by atoms with E-state index in [1.54, 1.807) is 0 Å². The van der Waals surface area contributed by atoms with Crippen LogP contribution in [-0.4, -0.2) is 24.2 Å². The standard InChI is InChI=1S/C7H11NO2/c1-5(9)7(10)6-3-2-4-8-6/h6,8H,2-4H2,1H3. The summed E-state index contributed by atoms with van der Waals surface area (Å²) >= 11 is 0. The summed E-state index contributed by atoms with van der Waals surface area (Å²) in [6.45, 7) is 2.19. The number of rotatable bonds is 2. The first-order chi connectivity index (χ1) is 4.72. The summed E-state index contributed by atoms with van der Waals surface area (Å²) in [5.41, 5.74) is 0. The Hall–Kier alpha value is -0.700. The van der Waals surface area contributed by atoms with E-state index >= 15 is 0 Å². The van der Waals surface area contributed by atoms with E-state index in [0.29, 0.717) is 0 Å². The first-order valence-electron chi connectivity index (χ1n) is 3.50. The molecule has 0 bridgehead atoms. The number of hydrogen-bond acceptors (Lipinski definition) is 3. The van der Waals surface area contributed by atoms with Crippen molar-refractivity contribution in [1.82, 2.24) is 5.32 Å². The molecule has 3 nitrogen and oxygen atoms in total. The van der Waals surface area contributed by atoms with Crippen LogP contribution in [0.2, 0.25) is 0 Å². The summed E-state index contributed by atoms with van der Waals surface area (Å²) in [6.07, 6.45) is 1.82. The molecular formula is C7H11NO2. The van der Waals surface area contributed by atoms with Crippen molar-refractivity contribution in [3.05, 3.63) is 0 Å². The Morgan fingerprint density at radius 3 is 2.60 bits per heavy atom. The van der Waals surface area contributed by atoms with Gasteiger partial charge in [0.05, 0.1) is 6.04 Å². The minimum atomic E-state index is -0.334. The maximum atomic E-state index is 10.9. The van der Waals surface area contributed by atoms with Crippen molar-refractivity contribution in [1.29, 1.82) is 0 Å². The number of nitrogens with one attached hydrogen (secondary N) is 1. The SMILES string of the molecule is CC(=O)C(=O)C1CCCN1. The van der Waals surface area contributed by atoms with Gasteiger partial charge in [-0.25, -0.2) is 0 Å². The summed E-state index contributed by atoms with van der Waals surface area (Å²) in [4.78, 5) is 21.5. The molecule has 0 spiro atoms. The molecule has 3 heteroatoms. The fourth-order valence-corrected chi connectivity index (χ4v) is 1.15. The largest absolute Gasteiger partial charge is 0.307 e. The van der Waals surface area contributed by atoms with Gasteiger partial charge in [-0.1, -0.05) is 0 Å². The van der Waals surface area contributed by atoms with E-state index in [4.69, 9.17) is 0 Å². The fraction of sp³-hybridized carbons (Fsp3) is 0.714. The van der Waals surface area contributed by atoms with Crippen LogP contribution in [0, 0.1) is 0 Å². The normalized spacial score (nSPS) is 24.7. The van der Waals surface area contributed by atoms with E-state index in [2.05, 4.69) is 5.32 Å². The summed E-state index contributed by atoms with van der Waals surface area (Å²) in [6, 6.07) is -0.183. The van der Waals surface area contributed by atoms with Crippen LogP contribution in [0.1, 0.15) is 19.8 Å². The van der Waals surface area contributed by atoms with Gasteiger partial charge in [-0.3, -0.25) is 9.59 Å². The predicted molar refractivity (Wildman–Crippen MR) is 36.7 cm³/mol. The van der Waals surface area contributed by atoms with Gasteiger partial charge < -0.3 is 5.32 Å². The summed E-state index contributed by atoms with van der Waals surface area (Å²) in [7, 11) is 0. The number of ketones is 2. The monoisotopic (exact) mass is 141 g/mol. The second kappa shape index (κ2) is 2.92. The second-order valence-electron chi connectivity index (χ2n) is 2.57. The molecular weight excluding hydrogens is 130 g/mol. The van der Waals surface area contributed by atoms with Gasteiger partial charge in [-0.15, -0.1) is 0 Å². The van der Waals surface area contributed by atoms with Gasteiger partial charge in [0, 0.05) is 6.92 Å². The molecule has 1 rings (SSSR count). The quantitative estimate of drug-likeness (QED) is 0.546. The molecule has 56 valence electrons. The zero-order valence-corrected chi connectivity index (χ0v) is 6.02. The molecule has 0 aromatic heterocycles. The fourth-order valence-electron chi connectivity index (χ4n) is 1.15. The Bertz CT molecular complexity index is 159. The molecule has 0 aliphatic carbocycles. The molecule has 1 N–H and O–H groups in total. The zero-order chi connectivity index (χ0) is 7.56. The van der Waals surface area contributed by atoms with Gasteiger partial charge >= 0.3 is 0 Å². The highest BCUT2D eigenvalue weighted by Gasteiger charge is 2.24. The van der Waals surface area contributed by atoms with E-state index in [1.165, 1.54) is 6.92 Å². The summed E-state index contributed by atoms with van der Waals surface area (Å²) < 4.78 is 0. The molecule has 1 heterocycles. The highest BCUT2D eigenvalue weighted by atomic mass is 16.2. The van der Waals surface area contributed by atoms with E-state index in [1.807, 2.05) is 0 Å². The molecule has 0 aromatic carbocycles. The highest BCUT2D eigenvalue weighted by Crippen LogP contribution is 2.05. The molecule has 0 aromatic rings. The second-order valence-corrected chi connectivity index (χ2v) is 2.57. The van der Waals surface area contributed by atoms with E-state index in [9.17, 15) is 9.59 Å². The third-order valence-electron chi connectivity index (χ3n) is 1.72. The van der Waals surface area contributed by atoms with Gasteiger partial charge in [0.1, 0.15) is 0 Å². The zero-order valence-electron chi connectivity index (χ0n) is 6.02. The smallest absolute Gasteiger partial charge is 0.214 e. The van der Waals surface area contributed by atoms with Crippen LogP contribution in [-0.2, 0) is 9.59 Å². The van der Waals surface area contributed by atoms with Gasteiger partial charge in [0.25, 0.3) is 0 Å². The van der Waals surface area contributed by atoms with Crippen molar-refractivity contribution < 1.29 is 9.59 Å². The average Bonchev–Trinajstić information content (AvgIpc) is 2.36. The van der Waals surface area contributed by atoms with Gasteiger partial charge in [0.2, 0.25) is 5.78 Å². The Morgan fingerprint density at radius 1 is 1.50 bits per heavy atom. The van der Waals surface area contributed by atoms with E-state index in [-0.39, 0.29) is 17.6 Å². The van der Waals surface area contributed by atoms with Crippen molar-refractivity contribution in [2.24, 2.45) is 0 Å². The first-order valence-corrected chi connectivity index (χ1v) is 3.50. The van der Waals surface area contributed by atoms with Crippen molar-refractivity contribution in [2.75, 3.05) is 6.54 Å². The third kappa shape index (κ3) is 1.42. The van der Waals surface area contributed by atoms with Crippen LogP contribution in [0.3, 0.4) is 0 Å². The number of hydrogen-bond donors (Lipinski definition) is 1. The number of Topliss-reactive ketones (excluding diaryl/α,β-unsaturated/α-hetero) is 2. The molecule has 1 unspecified atom stereocenters. The van der Waals surface area contributed by atoms with Crippen LogP contribution in [0.5, 0.6) is 0 Å². The van der Waals surface area contributed by atoms with Gasteiger partial charge in [0.15, 0.2) is 5.78 Å². The molecule has 0 amide bonds. The number of carbonyl (C=O) groups excluding carboxylic acids is 2. The van der Waals surface area contributed by atoms with Crippen LogP contribution in [0.4, 0.5) is 0 Å². The Labute approximate surface area is 59.8 Å². The average molecular weight is 141 g/mol. The van der Waals surface area contributed by atoms with Gasteiger partial charge in [-0.2, -0.15) is 0 Å². The van der Waals surface area contributed by atoms with Gasteiger partial charge in [-0.05, 0) is 19.4 Å². The maximum Gasteiger partial charge on any atom is 0.214 e. The minimum Gasteiger partial charge on any atom is -0.307 e. The molecule has 10 heavy (non-hydrogen) atoms. The number of carbonyl (C=O) groups is 2. The molecule has 1 atom stereocenters. The third-order valence-corrected chi connectivity index (χ3v) is 1.72. The maximum absolute atomic E-state index is 10.9. The highest BCUT2D eigenvalue weighted by molar-refractivity contribution is 6.38. The van der Waals surface area contributed by atoms with Crippen LogP contribution < -0.4 is 5.32 Å². The van der Waals surface area contributed by atoms with Crippen LogP contribution >= 0.6 is 0 Å². The van der Waals surface area contributed by atoms with E-state index in [0.717, 1.165) is 19.4 Å². The van der Waals surface area contributed by atoms with Crippen molar-refractivity contribution >= 4 is 11.6 Å². The Morgan fingerprint density at radius 2 is 2.20 bits per heavy atom. The summed E-state index contributed by atoms with van der Waals surface area (Å²) in [5, 5.41) is 2.97. The molecule has 1 aliphatic heterocycles. The lowest BCUT2D eigenvalue weighted by Gasteiger charge is -2.03. The topological polar surface area (TPSA) is 46.2 Å². The first kappa shape index (κ1) is 7.41. The van der Waals surface area contributed by atoms with Crippen LogP contribution in [0.25, 0.3) is 0 Å². The molecule has 0 radical (unpaired) electrons. The molecule has 0 saturated carbocycles. The summed E-state index contributed by atoms with van der Waals surface area (Å²) in [5.74, 6) is -0.600. The van der Waals surface area contributed by atoms with Crippen molar-refractivity contribution in [3.8, 4) is 0 Å². The molecule has 1 fully saturated rings. The lowest BCUT2D eigenvalue weighted by molar-refractivity contribution is -0.136. The van der Waals surface area contributed by atoms with Crippen molar-refractivity contribution in [2.45, 2.75) is 25.8 Å². The lowest BCUT2D eigenvalue weighted by atomic mass is 10.1. The van der Waals surface area contributed by atoms with E-state index < -0.39 is 0 Å². The molecule has 1 saturated heterocycles. The lowest BCUT2D eigenvalue weighted by Crippen LogP contribution is -2.34. The predicted octanol–water partition coefficient (Wildman–Crippen LogP) is -0.104. The minimum absolute atomic E-state index is 0.183. The molecule has 1 aliphatic rings. The van der Waals surface area contributed by atoms with Crippen LogP contribution in [0.15, 0.2) is 0 Å². The van der Waals surface area contributed by atoms with Crippen molar-refractivity contribution in [3.63, 3.8) is 0 Å².